The lowest BCUT2D eigenvalue weighted by atomic mass is 10.1. The zero-order valence-corrected chi connectivity index (χ0v) is 9.60. The van der Waals surface area contributed by atoms with Gasteiger partial charge < -0.3 is 0 Å². The molecule has 1 heterocycles. The normalized spacial score (nSPS) is 10.8. The van der Waals surface area contributed by atoms with Gasteiger partial charge in [-0.15, -0.1) is 0 Å². The second-order valence-electron chi connectivity index (χ2n) is 3.58. The summed E-state index contributed by atoms with van der Waals surface area (Å²) in [6.45, 7) is 1.72. The molecule has 2 rings (SSSR count). The lowest BCUT2D eigenvalue weighted by Gasteiger charge is -2.01. The van der Waals surface area contributed by atoms with Gasteiger partial charge in [-0.25, -0.2) is 4.39 Å². The molecular weight excluding hydrogens is 231 g/mol. The van der Waals surface area contributed by atoms with Crippen LogP contribution in [0.5, 0.6) is 0 Å². The van der Waals surface area contributed by atoms with Gasteiger partial charge in [0.1, 0.15) is 5.82 Å². The Morgan fingerprint density at radius 3 is 2.69 bits per heavy atom. The quantitative estimate of drug-likeness (QED) is 0.817. The fraction of sp³-hybridized carbons (Fsp3) is 0.182. The van der Waals surface area contributed by atoms with Crippen molar-refractivity contribution < 1.29 is 4.39 Å². The topological polar surface area (TPSA) is 37.8 Å². The minimum atomic E-state index is -0.566. The van der Waals surface area contributed by atoms with E-state index in [2.05, 4.69) is 5.10 Å². The van der Waals surface area contributed by atoms with Gasteiger partial charge in [-0.1, -0.05) is 23.7 Å². The number of rotatable bonds is 1. The molecule has 3 nitrogen and oxygen atoms in total. The summed E-state index contributed by atoms with van der Waals surface area (Å²) in [5.41, 5.74) is 0.904. The Bertz CT molecular complexity index is 601. The van der Waals surface area contributed by atoms with Crippen LogP contribution in [0.1, 0.15) is 5.69 Å². The highest BCUT2D eigenvalue weighted by Crippen LogP contribution is 2.26. The van der Waals surface area contributed by atoms with Crippen molar-refractivity contribution in [2.24, 2.45) is 7.05 Å². The molecule has 0 atom stereocenters. The molecule has 84 valence electrons. The van der Waals surface area contributed by atoms with Crippen LogP contribution >= 0.6 is 11.6 Å². The summed E-state index contributed by atoms with van der Waals surface area (Å²) in [6, 6.07) is 4.61. The molecule has 5 heteroatoms. The van der Waals surface area contributed by atoms with Crippen LogP contribution in [-0.4, -0.2) is 9.78 Å². The minimum absolute atomic E-state index is 0.0140. The molecular formula is C11H10ClFN2O. The summed E-state index contributed by atoms with van der Waals surface area (Å²) in [4.78, 5) is 11.8. The van der Waals surface area contributed by atoms with Crippen LogP contribution in [-0.2, 0) is 7.05 Å². The first-order valence-corrected chi connectivity index (χ1v) is 5.10. The first-order chi connectivity index (χ1) is 7.52. The number of benzene rings is 1. The molecule has 0 aliphatic heterocycles. The average Bonchev–Trinajstić information content (AvgIpc) is 2.47. The van der Waals surface area contributed by atoms with Gasteiger partial charge in [0.15, 0.2) is 0 Å². The van der Waals surface area contributed by atoms with Gasteiger partial charge in [0.2, 0.25) is 0 Å². The third-order valence-corrected chi connectivity index (χ3v) is 2.74. The first-order valence-electron chi connectivity index (χ1n) is 4.72. The molecule has 0 aliphatic rings. The number of nitrogens with one attached hydrogen (secondary N) is 1. The number of aryl methyl sites for hydroxylation is 2. The largest absolute Gasteiger partial charge is 0.300 e. The zero-order valence-electron chi connectivity index (χ0n) is 8.84. The van der Waals surface area contributed by atoms with Gasteiger partial charge in [-0.05, 0) is 13.0 Å². The molecule has 0 fully saturated rings. The van der Waals surface area contributed by atoms with E-state index in [1.165, 1.54) is 10.7 Å². The van der Waals surface area contributed by atoms with Crippen molar-refractivity contribution >= 4 is 11.6 Å². The molecule has 0 bridgehead atoms. The summed E-state index contributed by atoms with van der Waals surface area (Å²) in [5.74, 6) is -0.566. The number of aromatic nitrogens is 2. The van der Waals surface area contributed by atoms with Gasteiger partial charge >= 0.3 is 0 Å². The van der Waals surface area contributed by atoms with E-state index < -0.39 is 5.82 Å². The number of halogens is 2. The van der Waals surface area contributed by atoms with E-state index >= 15 is 0 Å². The zero-order chi connectivity index (χ0) is 11.9. The smallest absolute Gasteiger partial charge is 0.274 e. The van der Waals surface area contributed by atoms with Crippen molar-refractivity contribution in [3.8, 4) is 11.1 Å². The Labute approximate surface area is 96.5 Å². The van der Waals surface area contributed by atoms with Crippen LogP contribution in [0.15, 0.2) is 23.0 Å². The molecule has 0 spiro atoms. The monoisotopic (exact) mass is 240 g/mol. The Morgan fingerprint density at radius 1 is 1.44 bits per heavy atom. The standard InChI is InChI=1S/C11H10ClFN2O/c1-6-9(11(16)15(2)14-6)7-4-3-5-8(12)10(7)13/h3-5,14H,1-2H3. The fourth-order valence-corrected chi connectivity index (χ4v) is 1.87. The van der Waals surface area contributed by atoms with Crippen LogP contribution in [0.2, 0.25) is 5.02 Å². The molecule has 1 aromatic heterocycles. The molecule has 16 heavy (non-hydrogen) atoms. The molecule has 0 amide bonds. The van der Waals surface area contributed by atoms with Crippen molar-refractivity contribution in [3.63, 3.8) is 0 Å². The SMILES string of the molecule is Cc1[nH]n(C)c(=O)c1-c1cccc(Cl)c1F. The number of nitrogens with zero attached hydrogens (tertiary/aromatic N) is 1. The van der Waals surface area contributed by atoms with Crippen molar-refractivity contribution in [3.05, 3.63) is 45.1 Å². The van der Waals surface area contributed by atoms with Crippen LogP contribution in [0.25, 0.3) is 11.1 Å². The van der Waals surface area contributed by atoms with E-state index in [9.17, 15) is 9.18 Å². The van der Waals surface area contributed by atoms with Crippen molar-refractivity contribution in [2.45, 2.75) is 6.92 Å². The number of hydrogen-bond donors (Lipinski definition) is 1. The van der Waals surface area contributed by atoms with Crippen molar-refractivity contribution in [1.82, 2.24) is 9.78 Å². The summed E-state index contributed by atoms with van der Waals surface area (Å²) < 4.78 is 15.1. The highest BCUT2D eigenvalue weighted by atomic mass is 35.5. The fourth-order valence-electron chi connectivity index (χ4n) is 1.70. The van der Waals surface area contributed by atoms with Crippen LogP contribution in [0.4, 0.5) is 4.39 Å². The highest BCUT2D eigenvalue weighted by Gasteiger charge is 2.16. The maximum Gasteiger partial charge on any atom is 0.274 e. The maximum absolute atomic E-state index is 13.8. The molecule has 1 N–H and O–H groups in total. The molecule has 0 saturated carbocycles. The molecule has 0 unspecified atom stereocenters. The molecule has 0 saturated heterocycles. The molecule has 0 radical (unpaired) electrons. The molecule has 2 aromatic rings. The predicted octanol–water partition coefficient (Wildman–Crippen LogP) is 2.48. The second kappa shape index (κ2) is 3.79. The number of hydrogen-bond acceptors (Lipinski definition) is 1. The van der Waals surface area contributed by atoms with E-state index in [0.29, 0.717) is 11.3 Å². The van der Waals surface area contributed by atoms with Crippen molar-refractivity contribution in [2.75, 3.05) is 0 Å². The Hall–Kier alpha value is -1.55. The predicted molar refractivity (Wildman–Crippen MR) is 61.2 cm³/mol. The third kappa shape index (κ3) is 1.55. The second-order valence-corrected chi connectivity index (χ2v) is 3.98. The Balaban J connectivity index is 2.78. The Morgan fingerprint density at radius 2 is 2.12 bits per heavy atom. The average molecular weight is 241 g/mol. The van der Waals surface area contributed by atoms with Gasteiger partial charge in [-0.2, -0.15) is 0 Å². The molecule has 0 aliphatic carbocycles. The van der Waals surface area contributed by atoms with E-state index in [-0.39, 0.29) is 16.1 Å². The van der Waals surface area contributed by atoms with E-state index in [0.717, 1.165) is 0 Å². The van der Waals surface area contributed by atoms with E-state index in [4.69, 9.17) is 11.6 Å². The number of aromatic amines is 1. The third-order valence-electron chi connectivity index (χ3n) is 2.45. The Kier molecular flexibility index (Phi) is 2.59. The van der Waals surface area contributed by atoms with Gasteiger partial charge in [0, 0.05) is 18.3 Å². The van der Waals surface area contributed by atoms with Gasteiger partial charge in [0.25, 0.3) is 5.56 Å². The van der Waals surface area contributed by atoms with Crippen LogP contribution in [0, 0.1) is 12.7 Å². The van der Waals surface area contributed by atoms with E-state index in [1.54, 1.807) is 26.1 Å². The van der Waals surface area contributed by atoms with Crippen molar-refractivity contribution in [1.29, 1.82) is 0 Å². The summed E-state index contributed by atoms with van der Waals surface area (Å²) in [6.07, 6.45) is 0. The first kappa shape index (κ1) is 11.0. The van der Waals surface area contributed by atoms with Gasteiger partial charge in [-0.3, -0.25) is 14.6 Å². The molecule has 1 aromatic carbocycles. The van der Waals surface area contributed by atoms with Crippen LogP contribution in [0.3, 0.4) is 0 Å². The van der Waals surface area contributed by atoms with E-state index in [1.807, 2.05) is 0 Å². The maximum atomic E-state index is 13.8. The minimum Gasteiger partial charge on any atom is -0.300 e. The lowest BCUT2D eigenvalue weighted by molar-refractivity contribution is 0.631. The summed E-state index contributed by atoms with van der Waals surface area (Å²) in [5, 5.41) is 2.83. The highest BCUT2D eigenvalue weighted by molar-refractivity contribution is 6.31. The van der Waals surface area contributed by atoms with Crippen LogP contribution < -0.4 is 5.56 Å². The van der Waals surface area contributed by atoms with Gasteiger partial charge in [0.05, 0.1) is 10.6 Å². The summed E-state index contributed by atoms with van der Waals surface area (Å²) >= 11 is 5.68. The number of H-pyrrole nitrogens is 1. The summed E-state index contributed by atoms with van der Waals surface area (Å²) in [7, 11) is 1.58. The lowest BCUT2D eigenvalue weighted by Crippen LogP contribution is -2.13.